The quantitative estimate of drug-likeness (QED) is 0.713. The zero-order valence-electron chi connectivity index (χ0n) is 14.0. The van der Waals surface area contributed by atoms with E-state index in [0.717, 1.165) is 43.6 Å². The topological polar surface area (TPSA) is 68.3 Å². The van der Waals surface area contributed by atoms with E-state index in [-0.39, 0.29) is 0 Å². The highest BCUT2D eigenvalue weighted by molar-refractivity contribution is 5.46. The van der Waals surface area contributed by atoms with Crippen LogP contribution in [0.15, 0.2) is 41.6 Å². The average molecular weight is 360 g/mol. The Hall–Kier alpha value is -2.84. The Morgan fingerprint density at radius 2 is 2.00 bits per heavy atom. The molecule has 4 rings (SSSR count). The lowest BCUT2D eigenvalue weighted by Crippen LogP contribution is -2.37. The molecule has 136 valence electrons. The smallest absolute Gasteiger partial charge is 0.280 e. The lowest BCUT2D eigenvalue weighted by molar-refractivity contribution is 0.145. The molecular formula is C17H18F2N6O. The Morgan fingerprint density at radius 1 is 1.19 bits per heavy atom. The number of piperidine rings is 1. The number of nitrogens with zero attached hydrogens (tertiary/aromatic N) is 6. The molecular weight excluding hydrogens is 342 g/mol. The van der Waals surface area contributed by atoms with Crippen LogP contribution in [0.3, 0.4) is 0 Å². The van der Waals surface area contributed by atoms with Gasteiger partial charge in [0.2, 0.25) is 5.95 Å². The Morgan fingerprint density at radius 3 is 2.73 bits per heavy atom. The Kier molecular flexibility index (Phi) is 4.36. The molecule has 0 radical (unpaired) electrons. The number of hydrogen-bond donors (Lipinski definition) is 0. The van der Waals surface area contributed by atoms with Crippen LogP contribution in [0.2, 0.25) is 0 Å². The third-order valence-electron chi connectivity index (χ3n) is 4.77. The van der Waals surface area contributed by atoms with Gasteiger partial charge in [0.05, 0.1) is 6.33 Å². The summed E-state index contributed by atoms with van der Waals surface area (Å²) in [5.41, 5.74) is -0.0951. The molecule has 0 atom stereocenters. The Balaban J connectivity index is 1.42. The lowest BCUT2D eigenvalue weighted by atomic mass is 9.97. The first-order valence-corrected chi connectivity index (χ1v) is 8.51. The van der Waals surface area contributed by atoms with Crippen molar-refractivity contribution >= 4 is 11.6 Å². The van der Waals surface area contributed by atoms with Gasteiger partial charge in [-0.15, -0.1) is 10.2 Å². The molecule has 0 aromatic carbocycles. The van der Waals surface area contributed by atoms with E-state index in [2.05, 4.69) is 20.1 Å². The number of alkyl halides is 2. The van der Waals surface area contributed by atoms with Gasteiger partial charge < -0.3 is 4.90 Å². The van der Waals surface area contributed by atoms with Gasteiger partial charge in [-0.2, -0.15) is 0 Å². The Bertz CT molecular complexity index is 961. The zero-order valence-corrected chi connectivity index (χ0v) is 14.0. The minimum absolute atomic E-state index is 0.294. The third kappa shape index (κ3) is 3.16. The summed E-state index contributed by atoms with van der Waals surface area (Å²) in [6.45, 7) is 2.10. The van der Waals surface area contributed by atoms with E-state index < -0.39 is 17.7 Å². The molecule has 0 bridgehead atoms. The molecule has 1 saturated heterocycles. The fourth-order valence-corrected chi connectivity index (χ4v) is 3.33. The van der Waals surface area contributed by atoms with Gasteiger partial charge in [0.15, 0.2) is 5.65 Å². The highest BCUT2D eigenvalue weighted by atomic mass is 19.3. The molecule has 0 amide bonds. The molecule has 1 aliphatic rings. The van der Waals surface area contributed by atoms with E-state index in [0.29, 0.717) is 12.5 Å². The van der Waals surface area contributed by atoms with Crippen molar-refractivity contribution in [1.29, 1.82) is 0 Å². The van der Waals surface area contributed by atoms with Crippen molar-refractivity contribution in [2.24, 2.45) is 5.92 Å². The zero-order chi connectivity index (χ0) is 18.1. The van der Waals surface area contributed by atoms with Gasteiger partial charge in [-0.25, -0.2) is 13.8 Å². The third-order valence-corrected chi connectivity index (χ3v) is 4.77. The maximum Gasteiger partial charge on any atom is 0.280 e. The van der Waals surface area contributed by atoms with Crippen molar-refractivity contribution in [3.63, 3.8) is 0 Å². The molecule has 3 aromatic heterocycles. The minimum atomic E-state index is -2.72. The normalized spacial score (nSPS) is 15.9. The van der Waals surface area contributed by atoms with E-state index in [1.54, 1.807) is 0 Å². The van der Waals surface area contributed by atoms with E-state index in [4.69, 9.17) is 0 Å². The number of pyridine rings is 1. The van der Waals surface area contributed by atoms with E-state index >= 15 is 0 Å². The van der Waals surface area contributed by atoms with Crippen LogP contribution in [-0.2, 0) is 6.54 Å². The largest absolute Gasteiger partial charge is 0.341 e. The summed E-state index contributed by atoms with van der Waals surface area (Å²) in [6, 6.07) is 6.69. The Labute approximate surface area is 147 Å². The number of anilines is 1. The summed E-state index contributed by atoms with van der Waals surface area (Å²) in [7, 11) is 0. The van der Waals surface area contributed by atoms with Crippen LogP contribution in [0.25, 0.3) is 5.65 Å². The summed E-state index contributed by atoms with van der Waals surface area (Å²) in [4.78, 5) is 17.8. The van der Waals surface area contributed by atoms with Crippen LogP contribution < -0.4 is 10.5 Å². The molecule has 0 saturated carbocycles. The maximum absolute atomic E-state index is 12.6. The number of fused-ring (bicyclic) bond motifs is 1. The second-order valence-electron chi connectivity index (χ2n) is 6.46. The van der Waals surface area contributed by atoms with Crippen molar-refractivity contribution in [2.45, 2.75) is 25.8 Å². The molecule has 0 unspecified atom stereocenters. The number of rotatable bonds is 4. The molecule has 3 aromatic rings. The molecule has 0 aliphatic carbocycles. The summed E-state index contributed by atoms with van der Waals surface area (Å²) in [6.07, 6.45) is 2.20. The summed E-state index contributed by atoms with van der Waals surface area (Å²) >= 11 is 0. The van der Waals surface area contributed by atoms with Crippen molar-refractivity contribution < 1.29 is 8.78 Å². The van der Waals surface area contributed by atoms with Gasteiger partial charge >= 0.3 is 0 Å². The predicted octanol–water partition coefficient (Wildman–Crippen LogP) is 2.14. The van der Waals surface area contributed by atoms with E-state index in [9.17, 15) is 13.6 Å². The van der Waals surface area contributed by atoms with Gasteiger partial charge in [-0.1, -0.05) is 6.07 Å². The molecule has 1 fully saturated rings. The fraction of sp³-hybridized carbons (Fsp3) is 0.412. The van der Waals surface area contributed by atoms with E-state index in [1.165, 1.54) is 10.9 Å². The van der Waals surface area contributed by atoms with Crippen LogP contribution in [0, 0.1) is 5.92 Å². The summed E-state index contributed by atoms with van der Waals surface area (Å²) in [5, 5.41) is 8.44. The first-order chi connectivity index (χ1) is 12.6. The minimum Gasteiger partial charge on any atom is -0.341 e. The summed E-state index contributed by atoms with van der Waals surface area (Å²) < 4.78 is 28.6. The van der Waals surface area contributed by atoms with Gasteiger partial charge in [0, 0.05) is 31.9 Å². The van der Waals surface area contributed by atoms with Crippen molar-refractivity contribution in [2.75, 3.05) is 18.0 Å². The summed E-state index contributed by atoms with van der Waals surface area (Å²) in [5.74, 6) is 1.11. The van der Waals surface area contributed by atoms with Crippen LogP contribution in [-0.4, -0.2) is 37.2 Å². The number of aromatic nitrogens is 5. The maximum atomic E-state index is 12.6. The van der Waals surface area contributed by atoms with Gasteiger partial charge in [-0.3, -0.25) is 13.8 Å². The molecule has 4 heterocycles. The van der Waals surface area contributed by atoms with Crippen molar-refractivity contribution in [1.82, 2.24) is 24.1 Å². The molecule has 1 aliphatic heterocycles. The van der Waals surface area contributed by atoms with Crippen LogP contribution in [0.5, 0.6) is 0 Å². The molecule has 26 heavy (non-hydrogen) atoms. The van der Waals surface area contributed by atoms with Crippen LogP contribution >= 0.6 is 0 Å². The first kappa shape index (κ1) is 16.6. The van der Waals surface area contributed by atoms with Crippen LogP contribution in [0.4, 0.5) is 14.7 Å². The standard InChI is InChI=1S/C17H18F2N6O/c18-16(19)13-9-15(26)24(11-20-13)10-12-4-7-23(8-5-12)17-22-21-14-3-1-2-6-25(14)17/h1-3,6,9,11-12,16H,4-5,7-8,10H2. The van der Waals surface area contributed by atoms with E-state index in [1.807, 2.05) is 28.8 Å². The number of halogens is 2. The van der Waals surface area contributed by atoms with Gasteiger partial charge in [-0.05, 0) is 30.9 Å². The fourth-order valence-electron chi connectivity index (χ4n) is 3.33. The number of hydrogen-bond acceptors (Lipinski definition) is 5. The molecule has 7 nitrogen and oxygen atoms in total. The van der Waals surface area contributed by atoms with Crippen molar-refractivity contribution in [3.8, 4) is 0 Å². The predicted molar refractivity (Wildman–Crippen MR) is 91.4 cm³/mol. The molecule has 0 spiro atoms. The highest BCUT2D eigenvalue weighted by Gasteiger charge is 2.23. The highest BCUT2D eigenvalue weighted by Crippen LogP contribution is 2.23. The average Bonchev–Trinajstić information content (AvgIpc) is 3.08. The second kappa shape index (κ2) is 6.81. The second-order valence-corrected chi connectivity index (χ2v) is 6.46. The van der Waals surface area contributed by atoms with Crippen molar-refractivity contribution in [3.05, 3.63) is 52.8 Å². The van der Waals surface area contributed by atoms with Crippen LogP contribution in [0.1, 0.15) is 25.0 Å². The lowest BCUT2D eigenvalue weighted by Gasteiger charge is -2.32. The van der Waals surface area contributed by atoms with Gasteiger partial charge in [0.1, 0.15) is 5.69 Å². The SMILES string of the molecule is O=c1cc(C(F)F)ncn1CC1CCN(c2nnc3ccccn23)CC1. The van der Waals surface area contributed by atoms with Gasteiger partial charge in [0.25, 0.3) is 12.0 Å². The first-order valence-electron chi connectivity index (χ1n) is 8.51. The monoisotopic (exact) mass is 360 g/mol. The molecule has 0 N–H and O–H groups in total. The molecule has 9 heteroatoms.